The van der Waals surface area contributed by atoms with Crippen LogP contribution >= 0.6 is 0 Å². The van der Waals surface area contributed by atoms with E-state index < -0.39 is 17.8 Å². The van der Waals surface area contributed by atoms with Crippen LogP contribution in [0.3, 0.4) is 0 Å². The highest BCUT2D eigenvalue weighted by Gasteiger charge is 2.12. The average Bonchev–Trinajstić information content (AvgIpc) is 2.04. The first kappa shape index (κ1) is 8.67. The number of aliphatic hydroxyl groups excluding tert-OH is 1. The molecule has 0 saturated heterocycles. The second kappa shape index (κ2) is 3.32. The minimum Gasteiger partial charge on any atom is -0.378 e. The molecule has 3 N–H and O–H groups in total. The molecule has 0 bridgehead atoms. The van der Waals surface area contributed by atoms with Crippen molar-refractivity contribution in [3.05, 3.63) is 35.6 Å². The average molecular weight is 169 g/mol. The van der Waals surface area contributed by atoms with Crippen LogP contribution in [0.1, 0.15) is 11.7 Å². The van der Waals surface area contributed by atoms with Crippen molar-refractivity contribution in [1.29, 1.82) is 0 Å². The van der Waals surface area contributed by atoms with Gasteiger partial charge in [-0.15, -0.1) is 0 Å². The number of benzene rings is 1. The number of primary amides is 1. The van der Waals surface area contributed by atoms with Crippen molar-refractivity contribution in [1.82, 2.24) is 0 Å². The van der Waals surface area contributed by atoms with Crippen LogP contribution in [0, 0.1) is 5.82 Å². The largest absolute Gasteiger partial charge is 0.378 e. The zero-order valence-corrected chi connectivity index (χ0v) is 6.20. The molecule has 0 aliphatic heterocycles. The lowest BCUT2D eigenvalue weighted by Crippen LogP contribution is -2.20. The number of aliphatic hydroxyl groups is 1. The maximum atomic E-state index is 12.4. The van der Waals surface area contributed by atoms with E-state index in [4.69, 9.17) is 10.8 Å². The Balaban J connectivity index is 2.89. The standard InChI is InChI=1S/C8H8FNO2/c9-6-3-1-5(2-4-6)7(11)8(10)12/h1-4,7,11H,(H2,10,12)/t7-/m1/s1. The van der Waals surface area contributed by atoms with Crippen LogP contribution in [-0.4, -0.2) is 11.0 Å². The molecule has 3 nitrogen and oxygen atoms in total. The summed E-state index contributed by atoms with van der Waals surface area (Å²) in [5.41, 5.74) is 5.12. The SMILES string of the molecule is NC(=O)[C@H](O)c1ccc(F)cc1. The van der Waals surface area contributed by atoms with Crippen molar-refractivity contribution in [3.63, 3.8) is 0 Å². The minimum atomic E-state index is -1.36. The number of carbonyl (C=O) groups is 1. The highest BCUT2D eigenvalue weighted by molar-refractivity contribution is 5.79. The molecule has 0 aliphatic rings. The summed E-state index contributed by atoms with van der Waals surface area (Å²) in [6.45, 7) is 0. The summed E-state index contributed by atoms with van der Waals surface area (Å²) >= 11 is 0. The lowest BCUT2D eigenvalue weighted by Gasteiger charge is -2.05. The van der Waals surface area contributed by atoms with E-state index in [1.54, 1.807) is 0 Å². The van der Waals surface area contributed by atoms with Gasteiger partial charge in [0.15, 0.2) is 6.10 Å². The van der Waals surface area contributed by atoms with Crippen LogP contribution in [0.25, 0.3) is 0 Å². The third-order valence-electron chi connectivity index (χ3n) is 1.46. The zero-order chi connectivity index (χ0) is 9.14. The summed E-state index contributed by atoms with van der Waals surface area (Å²) in [4.78, 5) is 10.5. The molecule has 0 spiro atoms. The highest BCUT2D eigenvalue weighted by Crippen LogP contribution is 2.12. The first-order valence-corrected chi connectivity index (χ1v) is 3.34. The molecule has 64 valence electrons. The zero-order valence-electron chi connectivity index (χ0n) is 6.20. The molecule has 0 radical (unpaired) electrons. The molecule has 0 fully saturated rings. The molecule has 1 atom stereocenters. The van der Waals surface area contributed by atoms with Gasteiger partial charge in [-0.1, -0.05) is 12.1 Å². The molecule has 0 heterocycles. The van der Waals surface area contributed by atoms with Gasteiger partial charge in [0.1, 0.15) is 5.82 Å². The van der Waals surface area contributed by atoms with E-state index in [1.165, 1.54) is 12.1 Å². The minimum absolute atomic E-state index is 0.295. The van der Waals surface area contributed by atoms with E-state index in [9.17, 15) is 9.18 Å². The van der Waals surface area contributed by atoms with Crippen molar-refractivity contribution in [2.75, 3.05) is 0 Å². The van der Waals surface area contributed by atoms with Crippen LogP contribution in [0.2, 0.25) is 0 Å². The number of nitrogens with two attached hydrogens (primary N) is 1. The normalized spacial score (nSPS) is 12.5. The fourth-order valence-electron chi connectivity index (χ4n) is 0.809. The quantitative estimate of drug-likeness (QED) is 0.670. The van der Waals surface area contributed by atoms with Gasteiger partial charge in [0, 0.05) is 0 Å². The van der Waals surface area contributed by atoms with E-state index >= 15 is 0 Å². The molecule has 1 rings (SSSR count). The third-order valence-corrected chi connectivity index (χ3v) is 1.46. The predicted octanol–water partition coefficient (Wildman–Crippen LogP) is 0.344. The summed E-state index contributed by atoms with van der Waals surface area (Å²) in [5, 5.41) is 9.09. The number of hydrogen-bond acceptors (Lipinski definition) is 2. The van der Waals surface area contributed by atoms with Crippen molar-refractivity contribution in [3.8, 4) is 0 Å². The van der Waals surface area contributed by atoms with E-state index in [1.807, 2.05) is 0 Å². The molecule has 4 heteroatoms. The molecule has 0 unspecified atom stereocenters. The van der Waals surface area contributed by atoms with Crippen molar-refractivity contribution >= 4 is 5.91 Å². The van der Waals surface area contributed by atoms with Gasteiger partial charge < -0.3 is 10.8 Å². The highest BCUT2D eigenvalue weighted by atomic mass is 19.1. The molecular formula is C8H8FNO2. The Morgan fingerprint density at radius 2 is 1.92 bits per heavy atom. The van der Waals surface area contributed by atoms with E-state index in [0.29, 0.717) is 5.56 Å². The Bertz CT molecular complexity index is 284. The lowest BCUT2D eigenvalue weighted by molar-refractivity contribution is -0.126. The van der Waals surface area contributed by atoms with Gasteiger partial charge in [0.25, 0.3) is 5.91 Å². The molecule has 1 amide bonds. The number of halogens is 1. The summed E-state index contributed by atoms with van der Waals surface area (Å²) in [7, 11) is 0. The van der Waals surface area contributed by atoms with Crippen LogP contribution in [0.5, 0.6) is 0 Å². The Kier molecular flexibility index (Phi) is 2.40. The topological polar surface area (TPSA) is 63.3 Å². The second-order valence-electron chi connectivity index (χ2n) is 2.36. The Morgan fingerprint density at radius 3 is 2.33 bits per heavy atom. The number of amides is 1. The number of carbonyl (C=O) groups excluding carboxylic acids is 1. The van der Waals surface area contributed by atoms with Gasteiger partial charge in [-0.3, -0.25) is 4.79 Å². The third kappa shape index (κ3) is 1.79. The van der Waals surface area contributed by atoms with Crippen LogP contribution in [0.4, 0.5) is 4.39 Å². The molecule has 12 heavy (non-hydrogen) atoms. The van der Waals surface area contributed by atoms with Gasteiger partial charge in [0.2, 0.25) is 0 Å². The van der Waals surface area contributed by atoms with Crippen molar-refractivity contribution in [2.24, 2.45) is 5.73 Å². The number of hydrogen-bond donors (Lipinski definition) is 2. The Morgan fingerprint density at radius 1 is 1.42 bits per heavy atom. The van der Waals surface area contributed by atoms with Crippen LogP contribution in [0.15, 0.2) is 24.3 Å². The Hall–Kier alpha value is -1.42. The Labute approximate surface area is 68.6 Å². The molecule has 0 aliphatic carbocycles. The second-order valence-corrected chi connectivity index (χ2v) is 2.36. The molecule has 1 aromatic rings. The van der Waals surface area contributed by atoms with Gasteiger partial charge in [-0.2, -0.15) is 0 Å². The predicted molar refractivity (Wildman–Crippen MR) is 40.6 cm³/mol. The molecule has 0 aromatic heterocycles. The summed E-state index contributed by atoms with van der Waals surface area (Å²) in [6.07, 6.45) is -1.36. The summed E-state index contributed by atoms with van der Waals surface area (Å²) in [6, 6.07) is 4.93. The van der Waals surface area contributed by atoms with Crippen LogP contribution in [-0.2, 0) is 4.79 Å². The van der Waals surface area contributed by atoms with Gasteiger partial charge in [-0.05, 0) is 17.7 Å². The van der Waals surface area contributed by atoms with Gasteiger partial charge >= 0.3 is 0 Å². The first-order valence-electron chi connectivity index (χ1n) is 3.34. The molecular weight excluding hydrogens is 161 g/mol. The van der Waals surface area contributed by atoms with Gasteiger partial charge in [-0.25, -0.2) is 4.39 Å². The molecule has 1 aromatic carbocycles. The van der Waals surface area contributed by atoms with E-state index in [0.717, 1.165) is 12.1 Å². The molecule has 0 saturated carbocycles. The maximum Gasteiger partial charge on any atom is 0.250 e. The monoisotopic (exact) mass is 169 g/mol. The van der Waals surface area contributed by atoms with Gasteiger partial charge in [0.05, 0.1) is 0 Å². The van der Waals surface area contributed by atoms with Crippen LogP contribution < -0.4 is 5.73 Å². The van der Waals surface area contributed by atoms with E-state index in [-0.39, 0.29) is 0 Å². The van der Waals surface area contributed by atoms with E-state index in [2.05, 4.69) is 0 Å². The first-order chi connectivity index (χ1) is 5.61. The smallest absolute Gasteiger partial charge is 0.250 e. The fourth-order valence-corrected chi connectivity index (χ4v) is 0.809. The fraction of sp³-hybridized carbons (Fsp3) is 0.125. The van der Waals surface area contributed by atoms with Crippen molar-refractivity contribution < 1.29 is 14.3 Å². The summed E-state index contributed by atoms with van der Waals surface area (Å²) < 4.78 is 12.4. The maximum absolute atomic E-state index is 12.4. The summed E-state index contributed by atoms with van der Waals surface area (Å²) in [5.74, 6) is -1.27. The number of rotatable bonds is 2. The van der Waals surface area contributed by atoms with Crippen molar-refractivity contribution in [2.45, 2.75) is 6.10 Å². The lowest BCUT2D eigenvalue weighted by atomic mass is 10.1.